The lowest BCUT2D eigenvalue weighted by molar-refractivity contribution is 0.479. The second-order valence-corrected chi connectivity index (χ2v) is 5.43. The van der Waals surface area contributed by atoms with E-state index in [0.717, 1.165) is 22.3 Å². The number of benzene rings is 1. The summed E-state index contributed by atoms with van der Waals surface area (Å²) in [5.74, 6) is 0.600. The molecule has 0 saturated heterocycles. The van der Waals surface area contributed by atoms with Gasteiger partial charge in [0, 0.05) is 5.56 Å². The molecular formula is C15H17N5. The molecule has 2 heterocycles. The van der Waals surface area contributed by atoms with E-state index in [9.17, 15) is 0 Å². The normalized spacial score (nSPS) is 16.2. The molecular weight excluding hydrogens is 250 g/mol. The number of nitrogen functional groups attached to an aromatic ring is 1. The van der Waals surface area contributed by atoms with Crippen LogP contribution in [0.1, 0.15) is 31.7 Å². The molecule has 0 aliphatic heterocycles. The van der Waals surface area contributed by atoms with Crippen molar-refractivity contribution in [3.05, 3.63) is 30.3 Å². The molecule has 5 heteroatoms. The van der Waals surface area contributed by atoms with Gasteiger partial charge in [0.2, 0.25) is 0 Å². The molecule has 3 aromatic rings. The Labute approximate surface area is 116 Å². The van der Waals surface area contributed by atoms with Crippen LogP contribution >= 0.6 is 0 Å². The molecule has 0 radical (unpaired) electrons. The number of aromatic nitrogens is 4. The van der Waals surface area contributed by atoms with Gasteiger partial charge in [0.05, 0.1) is 11.4 Å². The summed E-state index contributed by atoms with van der Waals surface area (Å²) in [6.45, 7) is 0. The molecule has 0 amide bonds. The van der Waals surface area contributed by atoms with E-state index in [1.807, 2.05) is 18.2 Å². The Bertz CT molecular complexity index is 734. The molecule has 1 aliphatic carbocycles. The zero-order valence-corrected chi connectivity index (χ0v) is 11.2. The van der Waals surface area contributed by atoms with Crippen LogP contribution in [0, 0.1) is 0 Å². The molecule has 3 N–H and O–H groups in total. The van der Waals surface area contributed by atoms with Crippen molar-refractivity contribution in [2.45, 2.75) is 31.7 Å². The molecule has 5 nitrogen and oxygen atoms in total. The van der Waals surface area contributed by atoms with Crippen LogP contribution in [-0.4, -0.2) is 20.0 Å². The Morgan fingerprint density at radius 1 is 1.15 bits per heavy atom. The van der Waals surface area contributed by atoms with E-state index in [0.29, 0.717) is 11.9 Å². The van der Waals surface area contributed by atoms with Gasteiger partial charge in [-0.2, -0.15) is 10.2 Å². The van der Waals surface area contributed by atoms with Crippen molar-refractivity contribution < 1.29 is 0 Å². The van der Waals surface area contributed by atoms with Gasteiger partial charge in [-0.05, 0) is 12.8 Å². The number of nitrogens with two attached hydrogens (primary N) is 1. The van der Waals surface area contributed by atoms with Crippen molar-refractivity contribution in [1.82, 2.24) is 20.0 Å². The van der Waals surface area contributed by atoms with Crippen LogP contribution in [-0.2, 0) is 0 Å². The average molecular weight is 267 g/mol. The van der Waals surface area contributed by atoms with Crippen molar-refractivity contribution in [3.63, 3.8) is 0 Å². The van der Waals surface area contributed by atoms with Gasteiger partial charge in [-0.1, -0.05) is 43.2 Å². The fourth-order valence-electron chi connectivity index (χ4n) is 3.15. The van der Waals surface area contributed by atoms with Crippen LogP contribution in [0.4, 0.5) is 5.82 Å². The first-order valence-corrected chi connectivity index (χ1v) is 7.12. The summed E-state index contributed by atoms with van der Waals surface area (Å²) in [7, 11) is 0. The maximum absolute atomic E-state index is 6.05. The van der Waals surface area contributed by atoms with E-state index in [-0.39, 0.29) is 0 Å². The second-order valence-electron chi connectivity index (χ2n) is 5.43. The van der Waals surface area contributed by atoms with Crippen molar-refractivity contribution in [3.8, 4) is 11.3 Å². The molecule has 4 rings (SSSR count). The van der Waals surface area contributed by atoms with E-state index >= 15 is 0 Å². The van der Waals surface area contributed by atoms with Crippen LogP contribution in [0.3, 0.4) is 0 Å². The number of nitrogens with one attached hydrogen (secondary N) is 1. The zero-order chi connectivity index (χ0) is 13.5. The molecule has 1 fully saturated rings. The first-order valence-electron chi connectivity index (χ1n) is 7.12. The summed E-state index contributed by atoms with van der Waals surface area (Å²) in [4.78, 5) is 0. The smallest absolute Gasteiger partial charge is 0.182 e. The topological polar surface area (TPSA) is 72.5 Å². The van der Waals surface area contributed by atoms with Crippen molar-refractivity contribution in [2.24, 2.45) is 0 Å². The highest BCUT2D eigenvalue weighted by Gasteiger charge is 2.24. The maximum atomic E-state index is 6.05. The predicted octanol–water partition coefficient (Wildman–Crippen LogP) is 3.12. The number of anilines is 1. The Balaban J connectivity index is 1.94. The molecule has 0 bridgehead atoms. The average Bonchev–Trinajstić information content (AvgIpc) is 3.18. The highest BCUT2D eigenvalue weighted by molar-refractivity contribution is 5.98. The van der Waals surface area contributed by atoms with Gasteiger partial charge in [-0.3, -0.25) is 5.10 Å². The third kappa shape index (κ3) is 1.62. The first-order chi connectivity index (χ1) is 9.84. The molecule has 0 spiro atoms. The summed E-state index contributed by atoms with van der Waals surface area (Å²) in [5, 5.41) is 13.0. The molecule has 102 valence electrons. The summed E-state index contributed by atoms with van der Waals surface area (Å²) >= 11 is 0. The number of nitrogens with zero attached hydrogens (tertiary/aromatic N) is 3. The first kappa shape index (κ1) is 11.5. The van der Waals surface area contributed by atoms with E-state index in [2.05, 4.69) is 27.0 Å². The van der Waals surface area contributed by atoms with Gasteiger partial charge in [-0.25, -0.2) is 4.68 Å². The van der Waals surface area contributed by atoms with E-state index in [1.54, 1.807) is 0 Å². The third-order valence-corrected chi connectivity index (χ3v) is 4.15. The fraction of sp³-hybridized carbons (Fsp3) is 0.333. The van der Waals surface area contributed by atoms with Gasteiger partial charge in [0.1, 0.15) is 11.5 Å². The van der Waals surface area contributed by atoms with Crippen LogP contribution in [0.5, 0.6) is 0 Å². The summed E-state index contributed by atoms with van der Waals surface area (Å²) in [6.07, 6.45) is 4.90. The van der Waals surface area contributed by atoms with Gasteiger partial charge in [0.25, 0.3) is 0 Å². The summed E-state index contributed by atoms with van der Waals surface area (Å²) in [6, 6.07) is 10.6. The van der Waals surface area contributed by atoms with Crippen LogP contribution in [0.25, 0.3) is 22.3 Å². The Morgan fingerprint density at radius 3 is 2.65 bits per heavy atom. The molecule has 0 atom stereocenters. The number of hydrogen-bond acceptors (Lipinski definition) is 3. The van der Waals surface area contributed by atoms with E-state index < -0.39 is 0 Å². The number of aromatic amines is 1. The summed E-state index contributed by atoms with van der Waals surface area (Å²) < 4.78 is 2.07. The van der Waals surface area contributed by atoms with Gasteiger partial charge < -0.3 is 5.73 Å². The minimum absolute atomic E-state index is 0.456. The van der Waals surface area contributed by atoms with Gasteiger partial charge in [-0.15, -0.1) is 0 Å². The third-order valence-electron chi connectivity index (χ3n) is 4.15. The van der Waals surface area contributed by atoms with E-state index in [1.165, 1.54) is 25.7 Å². The molecule has 1 aromatic carbocycles. The fourth-order valence-corrected chi connectivity index (χ4v) is 3.15. The Morgan fingerprint density at radius 2 is 1.90 bits per heavy atom. The molecule has 1 saturated carbocycles. The SMILES string of the molecule is Nc1[nH]nc2c1c(-c1ccccc1)nn2C1CCCC1. The predicted molar refractivity (Wildman–Crippen MR) is 79.2 cm³/mol. The summed E-state index contributed by atoms with van der Waals surface area (Å²) in [5.41, 5.74) is 8.95. The molecule has 20 heavy (non-hydrogen) atoms. The van der Waals surface area contributed by atoms with Crippen molar-refractivity contribution in [2.75, 3.05) is 5.73 Å². The van der Waals surface area contributed by atoms with Crippen LogP contribution in [0.15, 0.2) is 30.3 Å². The number of H-pyrrole nitrogens is 1. The standard InChI is InChI=1S/C15H17N5/c16-14-12-13(10-6-2-1-3-7-10)19-20(15(12)18-17-14)11-8-4-5-9-11/h1-3,6-7,11H,4-5,8-9H2,(H3,16,17,18). The number of hydrogen-bond donors (Lipinski definition) is 2. The van der Waals surface area contributed by atoms with Crippen LogP contribution < -0.4 is 5.73 Å². The monoisotopic (exact) mass is 267 g/mol. The number of rotatable bonds is 2. The second kappa shape index (κ2) is 4.37. The molecule has 1 aliphatic rings. The maximum Gasteiger partial charge on any atom is 0.182 e. The highest BCUT2D eigenvalue weighted by atomic mass is 15.4. The Kier molecular flexibility index (Phi) is 2.52. The quantitative estimate of drug-likeness (QED) is 0.749. The minimum atomic E-state index is 0.456. The van der Waals surface area contributed by atoms with Crippen LogP contribution in [0.2, 0.25) is 0 Å². The molecule has 0 unspecified atom stereocenters. The highest BCUT2D eigenvalue weighted by Crippen LogP contribution is 2.36. The lowest BCUT2D eigenvalue weighted by atomic mass is 10.1. The van der Waals surface area contributed by atoms with E-state index in [4.69, 9.17) is 10.8 Å². The largest absolute Gasteiger partial charge is 0.383 e. The minimum Gasteiger partial charge on any atom is -0.383 e. The van der Waals surface area contributed by atoms with Crippen molar-refractivity contribution in [1.29, 1.82) is 0 Å². The number of fused-ring (bicyclic) bond motifs is 1. The Hall–Kier alpha value is -2.30. The lowest BCUT2D eigenvalue weighted by Gasteiger charge is -2.09. The molecule has 2 aromatic heterocycles. The van der Waals surface area contributed by atoms with Gasteiger partial charge in [0.15, 0.2) is 5.65 Å². The van der Waals surface area contributed by atoms with Gasteiger partial charge >= 0.3 is 0 Å². The zero-order valence-electron chi connectivity index (χ0n) is 11.2. The lowest BCUT2D eigenvalue weighted by Crippen LogP contribution is -2.07. The van der Waals surface area contributed by atoms with Crippen molar-refractivity contribution >= 4 is 16.9 Å².